The maximum absolute atomic E-state index is 5.34. The van der Waals surface area contributed by atoms with Gasteiger partial charge in [-0.2, -0.15) is 0 Å². The van der Waals surface area contributed by atoms with E-state index in [1.165, 1.54) is 31.6 Å². The highest BCUT2D eigenvalue weighted by molar-refractivity contribution is 8.00. The highest BCUT2D eigenvalue weighted by Gasteiger charge is 2.33. The zero-order valence-electron chi connectivity index (χ0n) is 6.77. The minimum Gasteiger partial charge on any atom is -0.381 e. The van der Waals surface area contributed by atoms with Gasteiger partial charge in [0.2, 0.25) is 0 Å². The average Bonchev–Trinajstić information content (AvgIpc) is 2.07. The number of nitrogens with one attached hydrogen (secondary N) is 1. The first-order chi connectivity index (χ1) is 5.41. The van der Waals surface area contributed by atoms with Gasteiger partial charge in [-0.15, -0.1) is 11.8 Å². The van der Waals surface area contributed by atoms with Gasteiger partial charge in [0.1, 0.15) is 0 Å². The topological polar surface area (TPSA) is 21.3 Å². The molecule has 11 heavy (non-hydrogen) atoms. The third-order valence-corrected chi connectivity index (χ3v) is 4.05. The second kappa shape index (κ2) is 3.33. The second-order valence-corrected chi connectivity index (χ2v) is 4.71. The Kier molecular flexibility index (Phi) is 2.39. The van der Waals surface area contributed by atoms with Gasteiger partial charge in [-0.05, 0) is 31.6 Å². The fourth-order valence-corrected chi connectivity index (χ4v) is 3.07. The Morgan fingerprint density at radius 3 is 2.73 bits per heavy atom. The van der Waals surface area contributed by atoms with Crippen molar-refractivity contribution in [2.45, 2.75) is 24.1 Å². The van der Waals surface area contributed by atoms with Crippen LogP contribution in [0.1, 0.15) is 19.3 Å². The van der Waals surface area contributed by atoms with E-state index in [4.69, 9.17) is 4.74 Å². The monoisotopic (exact) mass is 173 g/mol. The molecule has 64 valence electrons. The zero-order chi connectivity index (χ0) is 7.57. The molecule has 0 radical (unpaired) electrons. The molecule has 0 aliphatic carbocycles. The predicted octanol–water partition coefficient (Wildman–Crippen LogP) is 1.22. The molecule has 0 aromatic heterocycles. The van der Waals surface area contributed by atoms with Crippen molar-refractivity contribution < 1.29 is 4.74 Å². The van der Waals surface area contributed by atoms with E-state index in [2.05, 4.69) is 17.1 Å². The Bertz CT molecular complexity index is 109. The lowest BCUT2D eigenvalue weighted by Gasteiger charge is -2.40. The lowest BCUT2D eigenvalue weighted by Crippen LogP contribution is -2.49. The molecule has 2 aliphatic rings. The summed E-state index contributed by atoms with van der Waals surface area (Å²) in [6.45, 7) is 3.09. The summed E-state index contributed by atoms with van der Waals surface area (Å²) in [7, 11) is 0. The average molecular weight is 173 g/mol. The molecule has 0 aromatic carbocycles. The molecule has 0 saturated carbocycles. The van der Waals surface area contributed by atoms with Gasteiger partial charge in [0.25, 0.3) is 0 Å². The zero-order valence-corrected chi connectivity index (χ0v) is 7.58. The van der Waals surface area contributed by atoms with E-state index in [0.29, 0.717) is 4.87 Å². The Morgan fingerprint density at radius 1 is 1.27 bits per heavy atom. The molecule has 2 fully saturated rings. The quantitative estimate of drug-likeness (QED) is 0.595. The number of rotatable bonds is 0. The summed E-state index contributed by atoms with van der Waals surface area (Å²) in [6.07, 6.45) is 3.71. The van der Waals surface area contributed by atoms with Crippen LogP contribution in [-0.2, 0) is 4.74 Å². The molecule has 2 rings (SSSR count). The molecule has 0 atom stereocenters. The van der Waals surface area contributed by atoms with Crippen LogP contribution in [0.5, 0.6) is 0 Å². The summed E-state index contributed by atoms with van der Waals surface area (Å²) in [6, 6.07) is 0. The van der Waals surface area contributed by atoms with E-state index in [0.717, 1.165) is 13.2 Å². The second-order valence-electron chi connectivity index (χ2n) is 3.24. The molecule has 0 amide bonds. The van der Waals surface area contributed by atoms with Gasteiger partial charge in [-0.1, -0.05) is 0 Å². The number of hydrogen-bond donors (Lipinski definition) is 1. The Balaban J connectivity index is 1.94. The van der Waals surface area contributed by atoms with Gasteiger partial charge < -0.3 is 10.1 Å². The van der Waals surface area contributed by atoms with E-state index in [-0.39, 0.29) is 0 Å². The van der Waals surface area contributed by atoms with Gasteiger partial charge >= 0.3 is 0 Å². The van der Waals surface area contributed by atoms with Crippen LogP contribution in [0, 0.1) is 0 Å². The van der Waals surface area contributed by atoms with Gasteiger partial charge in [-0.25, -0.2) is 0 Å². The first-order valence-electron chi connectivity index (χ1n) is 4.38. The van der Waals surface area contributed by atoms with Crippen molar-refractivity contribution in [3.63, 3.8) is 0 Å². The molecule has 2 nitrogen and oxygen atoms in total. The Labute approximate surface area is 72.1 Å². The molecule has 1 spiro atoms. The van der Waals surface area contributed by atoms with Gasteiger partial charge in [0.05, 0.1) is 4.87 Å². The molecule has 2 heterocycles. The first-order valence-corrected chi connectivity index (χ1v) is 5.37. The largest absolute Gasteiger partial charge is 0.381 e. The van der Waals surface area contributed by atoms with Crippen molar-refractivity contribution in [1.29, 1.82) is 0 Å². The molecule has 2 saturated heterocycles. The normalized spacial score (nSPS) is 30.5. The molecule has 0 bridgehead atoms. The Hall–Kier alpha value is 0.270. The highest BCUT2D eigenvalue weighted by Crippen LogP contribution is 2.35. The lowest BCUT2D eigenvalue weighted by molar-refractivity contribution is 0.0678. The summed E-state index contributed by atoms with van der Waals surface area (Å²) >= 11 is 2.10. The summed E-state index contributed by atoms with van der Waals surface area (Å²) in [5.74, 6) is 1.33. The molecular formula is C8H15NOS. The van der Waals surface area contributed by atoms with Crippen molar-refractivity contribution >= 4 is 11.8 Å². The summed E-state index contributed by atoms with van der Waals surface area (Å²) in [5.41, 5.74) is 0. The highest BCUT2D eigenvalue weighted by atomic mass is 32.2. The van der Waals surface area contributed by atoms with Crippen molar-refractivity contribution in [2.24, 2.45) is 0 Å². The number of thioether (sulfide) groups is 1. The molecule has 2 aliphatic heterocycles. The molecular weight excluding hydrogens is 158 g/mol. The van der Waals surface area contributed by atoms with Crippen LogP contribution in [0.3, 0.4) is 0 Å². The van der Waals surface area contributed by atoms with Crippen LogP contribution in [0.15, 0.2) is 0 Å². The lowest BCUT2D eigenvalue weighted by atomic mass is 10.1. The first kappa shape index (κ1) is 7.90. The van der Waals surface area contributed by atoms with Gasteiger partial charge in [0, 0.05) is 13.2 Å². The molecule has 3 heteroatoms. The summed E-state index contributed by atoms with van der Waals surface area (Å²) in [5, 5.41) is 3.62. The third-order valence-electron chi connectivity index (χ3n) is 2.45. The van der Waals surface area contributed by atoms with E-state index in [1.54, 1.807) is 0 Å². The maximum Gasteiger partial charge on any atom is 0.0689 e. The van der Waals surface area contributed by atoms with Gasteiger partial charge in [-0.3, -0.25) is 0 Å². The van der Waals surface area contributed by atoms with Crippen molar-refractivity contribution in [1.82, 2.24) is 5.32 Å². The van der Waals surface area contributed by atoms with Crippen LogP contribution in [-0.4, -0.2) is 30.4 Å². The van der Waals surface area contributed by atoms with E-state index in [9.17, 15) is 0 Å². The van der Waals surface area contributed by atoms with E-state index >= 15 is 0 Å². The SMILES string of the molecule is C1CNC2(CCOCC2)SC1. The predicted molar refractivity (Wildman–Crippen MR) is 47.9 cm³/mol. The van der Waals surface area contributed by atoms with Crippen LogP contribution < -0.4 is 5.32 Å². The fourth-order valence-electron chi connectivity index (χ4n) is 1.73. The molecule has 0 unspecified atom stereocenters. The van der Waals surface area contributed by atoms with E-state index in [1.807, 2.05) is 0 Å². The third kappa shape index (κ3) is 1.71. The minimum absolute atomic E-state index is 0.399. The van der Waals surface area contributed by atoms with Crippen molar-refractivity contribution in [3.05, 3.63) is 0 Å². The number of hydrogen-bond acceptors (Lipinski definition) is 3. The maximum atomic E-state index is 5.34. The van der Waals surface area contributed by atoms with E-state index < -0.39 is 0 Å². The van der Waals surface area contributed by atoms with Crippen LogP contribution in [0.2, 0.25) is 0 Å². The Morgan fingerprint density at radius 2 is 2.09 bits per heavy atom. The molecule has 1 N–H and O–H groups in total. The van der Waals surface area contributed by atoms with Crippen molar-refractivity contribution in [2.75, 3.05) is 25.5 Å². The smallest absolute Gasteiger partial charge is 0.0689 e. The van der Waals surface area contributed by atoms with Gasteiger partial charge in [0.15, 0.2) is 0 Å². The standard InChI is InChI=1S/C8H15NOS/c1-4-9-8(11-7-1)2-5-10-6-3-8/h9H,1-7H2. The number of ether oxygens (including phenoxy) is 1. The summed E-state index contributed by atoms with van der Waals surface area (Å²) in [4.78, 5) is 0.399. The summed E-state index contributed by atoms with van der Waals surface area (Å²) < 4.78 is 5.34. The fraction of sp³-hybridized carbons (Fsp3) is 1.00. The van der Waals surface area contributed by atoms with Crippen LogP contribution in [0.25, 0.3) is 0 Å². The molecule has 0 aromatic rings. The van der Waals surface area contributed by atoms with Crippen LogP contribution in [0.4, 0.5) is 0 Å². The van der Waals surface area contributed by atoms with Crippen molar-refractivity contribution in [3.8, 4) is 0 Å². The van der Waals surface area contributed by atoms with Crippen LogP contribution >= 0.6 is 11.8 Å². The minimum atomic E-state index is 0.399.